The van der Waals surface area contributed by atoms with Crippen LogP contribution in [0.5, 0.6) is 0 Å². The SMILES string of the molecule is C[C@H](Cc1cccc(I)c1)C(=O)O. The second-order valence-corrected chi connectivity index (χ2v) is 4.32. The first kappa shape index (κ1) is 10.5. The quantitative estimate of drug-likeness (QED) is 0.869. The van der Waals surface area contributed by atoms with E-state index < -0.39 is 5.97 Å². The Morgan fingerprint density at radius 2 is 2.31 bits per heavy atom. The van der Waals surface area contributed by atoms with E-state index in [9.17, 15) is 4.79 Å². The molecule has 1 N–H and O–H groups in total. The molecule has 0 aliphatic rings. The molecule has 0 unspecified atom stereocenters. The highest BCUT2D eigenvalue weighted by Gasteiger charge is 2.11. The van der Waals surface area contributed by atoms with Crippen molar-refractivity contribution in [3.05, 3.63) is 33.4 Å². The summed E-state index contributed by atoms with van der Waals surface area (Å²) in [6.07, 6.45) is 0.603. The summed E-state index contributed by atoms with van der Waals surface area (Å²) in [5, 5.41) is 8.71. The van der Waals surface area contributed by atoms with Gasteiger partial charge >= 0.3 is 5.97 Å². The zero-order valence-electron chi connectivity index (χ0n) is 7.33. The molecule has 1 aromatic rings. The van der Waals surface area contributed by atoms with Crippen LogP contribution >= 0.6 is 22.6 Å². The number of carboxylic acids is 1. The van der Waals surface area contributed by atoms with Gasteiger partial charge in [0, 0.05) is 3.57 Å². The minimum atomic E-state index is -0.737. The van der Waals surface area contributed by atoms with Crippen molar-refractivity contribution < 1.29 is 9.90 Å². The molecule has 0 aliphatic carbocycles. The number of benzene rings is 1. The van der Waals surface area contributed by atoms with Crippen molar-refractivity contribution >= 4 is 28.6 Å². The van der Waals surface area contributed by atoms with Crippen molar-refractivity contribution in [3.8, 4) is 0 Å². The maximum absolute atomic E-state index is 10.6. The summed E-state index contributed by atoms with van der Waals surface area (Å²) in [6.45, 7) is 1.72. The second-order valence-electron chi connectivity index (χ2n) is 3.07. The number of hydrogen-bond donors (Lipinski definition) is 1. The number of carbonyl (C=O) groups is 1. The number of hydrogen-bond acceptors (Lipinski definition) is 1. The highest BCUT2D eigenvalue weighted by Crippen LogP contribution is 2.12. The van der Waals surface area contributed by atoms with Gasteiger partial charge in [0.25, 0.3) is 0 Å². The normalized spacial score (nSPS) is 12.5. The highest BCUT2D eigenvalue weighted by molar-refractivity contribution is 14.1. The molecule has 0 amide bonds. The summed E-state index contributed by atoms with van der Waals surface area (Å²) in [7, 11) is 0. The van der Waals surface area contributed by atoms with Crippen molar-refractivity contribution in [2.24, 2.45) is 5.92 Å². The monoisotopic (exact) mass is 290 g/mol. The lowest BCUT2D eigenvalue weighted by Crippen LogP contribution is -2.12. The third-order valence-electron chi connectivity index (χ3n) is 1.85. The maximum atomic E-state index is 10.6. The van der Waals surface area contributed by atoms with Crippen LogP contribution in [-0.4, -0.2) is 11.1 Å². The predicted octanol–water partition coefficient (Wildman–Crippen LogP) is 2.55. The molecular weight excluding hydrogens is 279 g/mol. The maximum Gasteiger partial charge on any atom is 0.306 e. The molecule has 1 aromatic carbocycles. The van der Waals surface area contributed by atoms with Gasteiger partial charge in [0.15, 0.2) is 0 Å². The van der Waals surface area contributed by atoms with Gasteiger partial charge < -0.3 is 5.11 Å². The van der Waals surface area contributed by atoms with E-state index in [1.807, 2.05) is 24.3 Å². The van der Waals surface area contributed by atoms with Gasteiger partial charge in [-0.1, -0.05) is 19.1 Å². The van der Waals surface area contributed by atoms with Gasteiger partial charge in [-0.15, -0.1) is 0 Å². The number of carboxylic acid groups (broad SMARTS) is 1. The number of halogens is 1. The van der Waals surface area contributed by atoms with Crippen molar-refractivity contribution in [1.29, 1.82) is 0 Å². The Labute approximate surface area is 91.1 Å². The molecule has 0 saturated heterocycles. The van der Waals surface area contributed by atoms with E-state index in [1.165, 1.54) is 0 Å². The fourth-order valence-corrected chi connectivity index (χ4v) is 1.71. The van der Waals surface area contributed by atoms with Crippen molar-refractivity contribution in [3.63, 3.8) is 0 Å². The smallest absolute Gasteiger partial charge is 0.306 e. The third-order valence-corrected chi connectivity index (χ3v) is 2.52. The molecular formula is C10H11IO2. The summed E-state index contributed by atoms with van der Waals surface area (Å²) in [5.41, 5.74) is 1.09. The fourth-order valence-electron chi connectivity index (χ4n) is 1.10. The number of aliphatic carboxylic acids is 1. The van der Waals surface area contributed by atoms with E-state index in [4.69, 9.17) is 5.11 Å². The van der Waals surface area contributed by atoms with Gasteiger partial charge in [-0.25, -0.2) is 0 Å². The van der Waals surface area contributed by atoms with Gasteiger partial charge in [0.05, 0.1) is 5.92 Å². The van der Waals surface area contributed by atoms with Crippen molar-refractivity contribution in [2.45, 2.75) is 13.3 Å². The van der Waals surface area contributed by atoms with Crippen LogP contribution in [0.15, 0.2) is 24.3 Å². The van der Waals surface area contributed by atoms with Crippen LogP contribution in [0.2, 0.25) is 0 Å². The lowest BCUT2D eigenvalue weighted by molar-refractivity contribution is -0.141. The topological polar surface area (TPSA) is 37.3 Å². The lowest BCUT2D eigenvalue weighted by Gasteiger charge is -2.05. The van der Waals surface area contributed by atoms with Gasteiger partial charge in [0.1, 0.15) is 0 Å². The van der Waals surface area contributed by atoms with E-state index >= 15 is 0 Å². The van der Waals surface area contributed by atoms with Crippen LogP contribution in [0.25, 0.3) is 0 Å². The molecule has 1 atom stereocenters. The standard InChI is InChI=1S/C10H11IO2/c1-7(10(12)13)5-8-3-2-4-9(11)6-8/h2-4,6-7H,5H2,1H3,(H,12,13)/t7-/m1/s1. The van der Waals surface area contributed by atoms with E-state index in [0.717, 1.165) is 9.13 Å². The molecule has 0 heterocycles. The summed E-state index contributed by atoms with van der Waals surface area (Å²) in [4.78, 5) is 10.6. The average Bonchev–Trinajstić information content (AvgIpc) is 2.04. The Balaban J connectivity index is 2.69. The van der Waals surface area contributed by atoms with Gasteiger partial charge in [-0.3, -0.25) is 4.79 Å². The lowest BCUT2D eigenvalue weighted by atomic mass is 10.0. The molecule has 0 bridgehead atoms. The van der Waals surface area contributed by atoms with Gasteiger partial charge in [-0.05, 0) is 46.7 Å². The largest absolute Gasteiger partial charge is 0.481 e. The van der Waals surface area contributed by atoms with Crippen LogP contribution in [-0.2, 0) is 11.2 Å². The summed E-state index contributed by atoms with van der Waals surface area (Å²) < 4.78 is 1.15. The van der Waals surface area contributed by atoms with E-state index in [0.29, 0.717) is 6.42 Å². The molecule has 1 rings (SSSR count). The minimum absolute atomic E-state index is 0.307. The van der Waals surface area contributed by atoms with Gasteiger partial charge in [0.2, 0.25) is 0 Å². The summed E-state index contributed by atoms with van der Waals surface area (Å²) >= 11 is 2.22. The zero-order valence-corrected chi connectivity index (χ0v) is 9.48. The molecule has 13 heavy (non-hydrogen) atoms. The molecule has 0 spiro atoms. The van der Waals surface area contributed by atoms with E-state index in [1.54, 1.807) is 6.92 Å². The molecule has 0 aromatic heterocycles. The Morgan fingerprint density at radius 1 is 1.62 bits per heavy atom. The Kier molecular flexibility index (Phi) is 3.71. The molecule has 0 saturated carbocycles. The van der Waals surface area contributed by atoms with Crippen molar-refractivity contribution in [2.75, 3.05) is 0 Å². The third kappa shape index (κ3) is 3.34. The van der Waals surface area contributed by atoms with Crippen LogP contribution < -0.4 is 0 Å². The van der Waals surface area contributed by atoms with Crippen LogP contribution in [0, 0.1) is 9.49 Å². The molecule has 3 heteroatoms. The average molecular weight is 290 g/mol. The molecule has 0 radical (unpaired) electrons. The number of rotatable bonds is 3. The minimum Gasteiger partial charge on any atom is -0.481 e. The Bertz CT molecular complexity index is 310. The van der Waals surface area contributed by atoms with Crippen LogP contribution in [0.4, 0.5) is 0 Å². The molecule has 0 fully saturated rings. The van der Waals surface area contributed by atoms with E-state index in [-0.39, 0.29) is 5.92 Å². The summed E-state index contributed by atoms with van der Waals surface area (Å²) in [6, 6.07) is 7.92. The molecule has 2 nitrogen and oxygen atoms in total. The van der Waals surface area contributed by atoms with Crippen LogP contribution in [0.1, 0.15) is 12.5 Å². The highest BCUT2D eigenvalue weighted by atomic mass is 127. The predicted molar refractivity (Wildman–Crippen MR) is 59.7 cm³/mol. The molecule has 70 valence electrons. The first-order chi connectivity index (χ1) is 6.09. The first-order valence-corrected chi connectivity index (χ1v) is 5.14. The molecule has 0 aliphatic heterocycles. The fraction of sp³-hybridized carbons (Fsp3) is 0.300. The van der Waals surface area contributed by atoms with Gasteiger partial charge in [-0.2, -0.15) is 0 Å². The first-order valence-electron chi connectivity index (χ1n) is 4.07. The van der Waals surface area contributed by atoms with Crippen LogP contribution in [0.3, 0.4) is 0 Å². The Hall–Kier alpha value is -0.580. The van der Waals surface area contributed by atoms with E-state index in [2.05, 4.69) is 22.6 Å². The zero-order chi connectivity index (χ0) is 9.84. The summed E-state index contributed by atoms with van der Waals surface area (Å²) in [5.74, 6) is -1.04. The van der Waals surface area contributed by atoms with Crippen molar-refractivity contribution in [1.82, 2.24) is 0 Å². The second kappa shape index (κ2) is 4.60. The Morgan fingerprint density at radius 3 is 2.85 bits per heavy atom.